The van der Waals surface area contributed by atoms with Crippen LogP contribution in [-0.2, 0) is 14.9 Å². The Bertz CT molecular complexity index is 619. The van der Waals surface area contributed by atoms with E-state index >= 15 is 0 Å². The summed E-state index contributed by atoms with van der Waals surface area (Å²) in [5.41, 5.74) is 0.315. The summed E-state index contributed by atoms with van der Waals surface area (Å²) < 4.78 is 18.4. The van der Waals surface area contributed by atoms with E-state index in [4.69, 9.17) is 4.74 Å². The molecule has 1 aliphatic rings. The molecule has 6 heteroatoms. The van der Waals surface area contributed by atoms with Gasteiger partial charge in [-0.3, -0.25) is 4.79 Å². The van der Waals surface area contributed by atoms with E-state index in [0.29, 0.717) is 6.54 Å². The highest BCUT2D eigenvalue weighted by Gasteiger charge is 2.38. The third-order valence-electron chi connectivity index (χ3n) is 4.48. The van der Waals surface area contributed by atoms with Gasteiger partial charge >= 0.3 is 6.09 Å². The molecule has 2 rings (SSSR count). The highest BCUT2D eigenvalue weighted by Crippen LogP contribution is 2.43. The van der Waals surface area contributed by atoms with Crippen molar-refractivity contribution in [1.29, 1.82) is 0 Å². The minimum Gasteiger partial charge on any atom is -0.444 e. The first kappa shape index (κ1) is 19.2. The van der Waals surface area contributed by atoms with Crippen LogP contribution in [0.15, 0.2) is 24.3 Å². The molecule has 25 heavy (non-hydrogen) atoms. The molecule has 2 amide bonds. The molecule has 0 saturated heterocycles. The molecule has 0 radical (unpaired) electrons. The van der Waals surface area contributed by atoms with Crippen LogP contribution in [0.2, 0.25) is 0 Å². The van der Waals surface area contributed by atoms with E-state index in [-0.39, 0.29) is 23.7 Å². The van der Waals surface area contributed by atoms with E-state index in [0.717, 1.165) is 24.8 Å². The van der Waals surface area contributed by atoms with E-state index in [1.807, 2.05) is 0 Å². The summed E-state index contributed by atoms with van der Waals surface area (Å²) in [6.45, 7) is 5.76. The Hall–Kier alpha value is -2.11. The molecule has 0 bridgehead atoms. The molecule has 0 spiro atoms. The normalized spacial score (nSPS) is 15.9. The topological polar surface area (TPSA) is 58.6 Å². The number of rotatable bonds is 5. The Morgan fingerprint density at radius 1 is 1.24 bits per heavy atom. The average Bonchev–Trinajstić information content (AvgIpc) is 2.46. The number of benzene rings is 1. The van der Waals surface area contributed by atoms with Crippen molar-refractivity contribution in [3.05, 3.63) is 35.6 Å². The fourth-order valence-electron chi connectivity index (χ4n) is 2.92. The minimum atomic E-state index is -0.597. The number of carbonyl (C=O) groups is 2. The lowest BCUT2D eigenvalue weighted by atomic mass is 9.64. The minimum absolute atomic E-state index is 0.0611. The number of nitrogens with zero attached hydrogens (tertiary/aromatic N) is 1. The van der Waals surface area contributed by atoms with Gasteiger partial charge in [-0.25, -0.2) is 9.18 Å². The van der Waals surface area contributed by atoms with Crippen molar-refractivity contribution in [1.82, 2.24) is 10.2 Å². The molecule has 138 valence electrons. The van der Waals surface area contributed by atoms with Gasteiger partial charge in [0.15, 0.2) is 0 Å². The van der Waals surface area contributed by atoms with Crippen LogP contribution in [-0.4, -0.2) is 42.6 Å². The van der Waals surface area contributed by atoms with Crippen LogP contribution in [0.4, 0.5) is 9.18 Å². The third kappa shape index (κ3) is 5.18. The molecule has 0 aliphatic heterocycles. The summed E-state index contributed by atoms with van der Waals surface area (Å²) in [5.74, 6) is -0.497. The van der Waals surface area contributed by atoms with Crippen molar-refractivity contribution < 1.29 is 18.7 Å². The van der Waals surface area contributed by atoms with Crippen molar-refractivity contribution in [2.75, 3.05) is 20.1 Å². The van der Waals surface area contributed by atoms with Gasteiger partial charge in [0.1, 0.15) is 18.0 Å². The SMILES string of the molecule is CN(CC(=O)NCC1(c2ccc(F)cc2)CCC1)C(=O)OC(C)(C)C. The molecule has 1 saturated carbocycles. The summed E-state index contributed by atoms with van der Waals surface area (Å²) in [6, 6.07) is 6.47. The number of halogens is 1. The fraction of sp³-hybridized carbons (Fsp3) is 0.579. The zero-order valence-corrected chi connectivity index (χ0v) is 15.4. The van der Waals surface area contributed by atoms with Gasteiger partial charge in [0.2, 0.25) is 5.91 Å². The quantitative estimate of drug-likeness (QED) is 0.887. The highest BCUT2D eigenvalue weighted by atomic mass is 19.1. The number of amides is 2. The lowest BCUT2D eigenvalue weighted by Gasteiger charge is -2.42. The van der Waals surface area contributed by atoms with E-state index in [1.165, 1.54) is 24.1 Å². The van der Waals surface area contributed by atoms with Crippen LogP contribution in [0, 0.1) is 5.82 Å². The molecule has 0 atom stereocenters. The van der Waals surface area contributed by atoms with Gasteiger partial charge < -0.3 is 15.0 Å². The predicted molar refractivity (Wildman–Crippen MR) is 93.8 cm³/mol. The first-order chi connectivity index (χ1) is 11.6. The number of ether oxygens (including phenoxy) is 1. The van der Waals surface area contributed by atoms with Crippen molar-refractivity contribution in [3.63, 3.8) is 0 Å². The van der Waals surface area contributed by atoms with E-state index in [2.05, 4.69) is 5.32 Å². The van der Waals surface area contributed by atoms with Crippen LogP contribution in [0.5, 0.6) is 0 Å². The van der Waals surface area contributed by atoms with Crippen LogP contribution in [0.25, 0.3) is 0 Å². The Kier molecular flexibility index (Phi) is 5.70. The Labute approximate surface area is 148 Å². The van der Waals surface area contributed by atoms with Gasteiger partial charge in [-0.15, -0.1) is 0 Å². The third-order valence-corrected chi connectivity index (χ3v) is 4.48. The van der Waals surface area contributed by atoms with Gasteiger partial charge in [-0.2, -0.15) is 0 Å². The van der Waals surface area contributed by atoms with E-state index in [1.54, 1.807) is 32.9 Å². The summed E-state index contributed by atoms with van der Waals surface area (Å²) >= 11 is 0. The Morgan fingerprint density at radius 2 is 1.84 bits per heavy atom. The molecule has 1 aromatic carbocycles. The van der Waals surface area contributed by atoms with Gasteiger partial charge in [0.25, 0.3) is 0 Å². The molecule has 0 heterocycles. The molecule has 1 aliphatic carbocycles. The zero-order chi connectivity index (χ0) is 18.7. The molecule has 1 aromatic rings. The number of likely N-dealkylation sites (N-methyl/N-ethyl adjacent to an activating group) is 1. The van der Waals surface area contributed by atoms with Gasteiger partial charge in [-0.05, 0) is 51.3 Å². The lowest BCUT2D eigenvalue weighted by Crippen LogP contribution is -2.48. The van der Waals surface area contributed by atoms with Gasteiger partial charge in [0, 0.05) is 19.0 Å². The number of nitrogens with one attached hydrogen (secondary N) is 1. The Balaban J connectivity index is 1.88. The monoisotopic (exact) mass is 350 g/mol. The standard InChI is InChI=1S/C19H27FN2O3/c1-18(2,3)25-17(24)22(4)12-16(23)21-13-19(10-5-11-19)14-6-8-15(20)9-7-14/h6-9H,5,10-13H2,1-4H3,(H,21,23). The maximum Gasteiger partial charge on any atom is 0.410 e. The first-order valence-electron chi connectivity index (χ1n) is 8.58. The maximum absolute atomic E-state index is 13.1. The largest absolute Gasteiger partial charge is 0.444 e. The molecule has 0 unspecified atom stereocenters. The van der Waals surface area contributed by atoms with Crippen molar-refractivity contribution in [3.8, 4) is 0 Å². The fourth-order valence-corrected chi connectivity index (χ4v) is 2.92. The smallest absolute Gasteiger partial charge is 0.410 e. The highest BCUT2D eigenvalue weighted by molar-refractivity contribution is 5.82. The lowest BCUT2D eigenvalue weighted by molar-refractivity contribution is -0.122. The zero-order valence-electron chi connectivity index (χ0n) is 15.4. The summed E-state index contributed by atoms with van der Waals surface area (Å²) in [6.07, 6.45) is 2.48. The molecule has 0 aromatic heterocycles. The van der Waals surface area contributed by atoms with Crippen LogP contribution >= 0.6 is 0 Å². The van der Waals surface area contributed by atoms with Gasteiger partial charge in [-0.1, -0.05) is 18.6 Å². The van der Waals surface area contributed by atoms with E-state index < -0.39 is 11.7 Å². The first-order valence-corrected chi connectivity index (χ1v) is 8.58. The second kappa shape index (κ2) is 7.42. The summed E-state index contributed by atoms with van der Waals surface area (Å²) in [7, 11) is 1.53. The van der Waals surface area contributed by atoms with Crippen molar-refractivity contribution >= 4 is 12.0 Å². The van der Waals surface area contributed by atoms with Crippen molar-refractivity contribution in [2.45, 2.75) is 51.0 Å². The van der Waals surface area contributed by atoms with Crippen molar-refractivity contribution in [2.24, 2.45) is 0 Å². The Morgan fingerprint density at radius 3 is 2.32 bits per heavy atom. The molecular weight excluding hydrogens is 323 g/mol. The summed E-state index contributed by atoms with van der Waals surface area (Å²) in [4.78, 5) is 25.3. The maximum atomic E-state index is 13.1. The molecular formula is C19H27FN2O3. The van der Waals surface area contributed by atoms with Crippen LogP contribution < -0.4 is 5.32 Å². The number of hydrogen-bond acceptors (Lipinski definition) is 3. The average molecular weight is 350 g/mol. The van der Waals surface area contributed by atoms with Crippen LogP contribution in [0.3, 0.4) is 0 Å². The second-order valence-electron chi connectivity index (χ2n) is 7.75. The molecule has 1 fully saturated rings. The predicted octanol–water partition coefficient (Wildman–Crippen LogP) is 3.23. The number of carbonyl (C=O) groups excluding carboxylic acids is 2. The molecule has 1 N–H and O–H groups in total. The summed E-state index contributed by atoms with van der Waals surface area (Å²) in [5, 5.41) is 2.91. The van der Waals surface area contributed by atoms with Crippen LogP contribution in [0.1, 0.15) is 45.6 Å². The molecule has 5 nitrogen and oxygen atoms in total. The van der Waals surface area contributed by atoms with E-state index in [9.17, 15) is 14.0 Å². The number of hydrogen-bond donors (Lipinski definition) is 1. The second-order valence-corrected chi connectivity index (χ2v) is 7.75. The van der Waals surface area contributed by atoms with Gasteiger partial charge in [0.05, 0.1) is 0 Å².